The zero-order valence-corrected chi connectivity index (χ0v) is 15.4. The predicted molar refractivity (Wildman–Crippen MR) is 107 cm³/mol. The lowest BCUT2D eigenvalue weighted by atomic mass is 10.1. The van der Waals surface area contributed by atoms with Gasteiger partial charge in [-0.2, -0.15) is 0 Å². The van der Waals surface area contributed by atoms with Crippen molar-refractivity contribution in [3.63, 3.8) is 0 Å². The van der Waals surface area contributed by atoms with Crippen LogP contribution in [0.25, 0.3) is 12.2 Å². The highest BCUT2D eigenvalue weighted by Gasteiger charge is 2.12. The van der Waals surface area contributed by atoms with Gasteiger partial charge in [-0.15, -0.1) is 0 Å². The first-order chi connectivity index (χ1) is 13.1. The summed E-state index contributed by atoms with van der Waals surface area (Å²) in [4.78, 5) is 23.4. The molecule has 0 bridgehead atoms. The lowest BCUT2D eigenvalue weighted by Crippen LogP contribution is -2.16. The molecule has 0 aliphatic heterocycles. The Morgan fingerprint density at radius 2 is 1.07 bits per heavy atom. The largest absolute Gasteiger partial charge is 0.465 e. The normalized spacial score (nSPS) is 10.1. The Morgan fingerprint density at radius 1 is 0.704 bits per heavy atom. The van der Waals surface area contributed by atoms with Crippen molar-refractivity contribution in [1.29, 1.82) is 0 Å². The summed E-state index contributed by atoms with van der Waals surface area (Å²) < 4.78 is 10.2. The molecule has 0 spiro atoms. The maximum Gasteiger partial charge on any atom is 0.317 e. The number of rotatable bonds is 10. The van der Waals surface area contributed by atoms with Crippen molar-refractivity contribution < 1.29 is 19.1 Å². The molecule has 0 amide bonds. The SMILES string of the molecule is C=Cc1ccc(CCOC(=O)CC(=O)OCCc2ccc(C=C)cc2)cc1. The van der Waals surface area contributed by atoms with E-state index in [1.54, 1.807) is 12.2 Å². The Kier molecular flexibility index (Phi) is 8.04. The summed E-state index contributed by atoms with van der Waals surface area (Å²) in [6.45, 7) is 7.87. The van der Waals surface area contributed by atoms with Gasteiger partial charge < -0.3 is 9.47 Å². The lowest BCUT2D eigenvalue weighted by molar-refractivity contribution is -0.154. The minimum Gasteiger partial charge on any atom is -0.465 e. The molecule has 0 atom stereocenters. The quantitative estimate of drug-likeness (QED) is 0.467. The Labute approximate surface area is 160 Å². The molecule has 0 N–H and O–H groups in total. The average molecular weight is 364 g/mol. The molecular weight excluding hydrogens is 340 g/mol. The van der Waals surface area contributed by atoms with E-state index in [0.29, 0.717) is 12.8 Å². The van der Waals surface area contributed by atoms with Gasteiger partial charge in [0.2, 0.25) is 0 Å². The van der Waals surface area contributed by atoms with Gasteiger partial charge in [-0.3, -0.25) is 9.59 Å². The molecule has 4 heteroatoms. The fourth-order valence-electron chi connectivity index (χ4n) is 2.43. The molecule has 0 aliphatic rings. The highest BCUT2D eigenvalue weighted by molar-refractivity contribution is 5.91. The first-order valence-corrected chi connectivity index (χ1v) is 8.84. The predicted octanol–water partition coefficient (Wildman–Crippen LogP) is 4.23. The molecule has 140 valence electrons. The van der Waals surface area contributed by atoms with Gasteiger partial charge in [0.05, 0.1) is 13.2 Å². The van der Waals surface area contributed by atoms with Crippen LogP contribution in [0.1, 0.15) is 28.7 Å². The van der Waals surface area contributed by atoms with Gasteiger partial charge in [0.15, 0.2) is 0 Å². The number of ether oxygens (including phenoxy) is 2. The first-order valence-electron chi connectivity index (χ1n) is 8.84. The second-order valence-electron chi connectivity index (χ2n) is 6.01. The van der Waals surface area contributed by atoms with Crippen LogP contribution in [0.3, 0.4) is 0 Å². The van der Waals surface area contributed by atoms with Crippen molar-refractivity contribution in [2.45, 2.75) is 19.3 Å². The monoisotopic (exact) mass is 364 g/mol. The number of carbonyl (C=O) groups excluding carboxylic acids is 2. The molecule has 0 heterocycles. The molecule has 27 heavy (non-hydrogen) atoms. The molecule has 0 unspecified atom stereocenters. The number of hydrogen-bond donors (Lipinski definition) is 0. The third-order valence-electron chi connectivity index (χ3n) is 4.03. The van der Waals surface area contributed by atoms with E-state index < -0.39 is 11.9 Å². The number of esters is 2. The van der Waals surface area contributed by atoms with Crippen molar-refractivity contribution in [2.24, 2.45) is 0 Å². The molecule has 0 aliphatic carbocycles. The summed E-state index contributed by atoms with van der Waals surface area (Å²) in [6.07, 6.45) is 4.36. The minimum absolute atomic E-state index is 0.231. The van der Waals surface area contributed by atoms with E-state index in [4.69, 9.17) is 9.47 Å². The van der Waals surface area contributed by atoms with Crippen LogP contribution in [-0.2, 0) is 31.9 Å². The van der Waals surface area contributed by atoms with Gasteiger partial charge in [0.25, 0.3) is 0 Å². The molecular formula is C23H24O4. The Bertz CT molecular complexity index is 706. The Morgan fingerprint density at radius 3 is 1.41 bits per heavy atom. The van der Waals surface area contributed by atoms with Crippen molar-refractivity contribution >= 4 is 24.1 Å². The second-order valence-corrected chi connectivity index (χ2v) is 6.01. The van der Waals surface area contributed by atoms with Crippen LogP contribution >= 0.6 is 0 Å². The molecule has 0 aromatic heterocycles. The summed E-state index contributed by atoms with van der Waals surface area (Å²) >= 11 is 0. The van der Waals surface area contributed by atoms with Crippen molar-refractivity contribution in [3.8, 4) is 0 Å². The zero-order valence-electron chi connectivity index (χ0n) is 15.4. The van der Waals surface area contributed by atoms with E-state index >= 15 is 0 Å². The van der Waals surface area contributed by atoms with Gasteiger partial charge in [0, 0.05) is 12.8 Å². The van der Waals surface area contributed by atoms with E-state index in [1.165, 1.54) is 0 Å². The van der Waals surface area contributed by atoms with Crippen LogP contribution in [0, 0.1) is 0 Å². The zero-order chi connectivity index (χ0) is 19.5. The Balaban J connectivity index is 1.61. The maximum atomic E-state index is 11.7. The third-order valence-corrected chi connectivity index (χ3v) is 4.03. The number of benzene rings is 2. The van der Waals surface area contributed by atoms with Gasteiger partial charge in [0.1, 0.15) is 6.42 Å². The van der Waals surface area contributed by atoms with Crippen LogP contribution in [0.5, 0.6) is 0 Å². The molecule has 2 aromatic carbocycles. The van der Waals surface area contributed by atoms with Crippen molar-refractivity contribution in [2.75, 3.05) is 13.2 Å². The number of carbonyl (C=O) groups is 2. The summed E-state index contributed by atoms with van der Waals surface area (Å²) in [7, 11) is 0. The van der Waals surface area contributed by atoms with Crippen LogP contribution in [0.4, 0.5) is 0 Å². The summed E-state index contributed by atoms with van der Waals surface area (Å²) in [6, 6.07) is 15.6. The van der Waals surface area contributed by atoms with Gasteiger partial charge in [-0.1, -0.05) is 73.8 Å². The highest BCUT2D eigenvalue weighted by Crippen LogP contribution is 2.08. The van der Waals surface area contributed by atoms with E-state index in [1.807, 2.05) is 48.5 Å². The average Bonchev–Trinajstić information content (AvgIpc) is 2.69. The van der Waals surface area contributed by atoms with E-state index in [0.717, 1.165) is 22.3 Å². The molecule has 0 radical (unpaired) electrons. The fourth-order valence-corrected chi connectivity index (χ4v) is 2.43. The second kappa shape index (κ2) is 10.8. The molecule has 2 rings (SSSR count). The van der Waals surface area contributed by atoms with Crippen LogP contribution in [0.2, 0.25) is 0 Å². The summed E-state index contributed by atoms with van der Waals surface area (Å²) in [5.74, 6) is -1.14. The minimum atomic E-state index is -0.571. The molecule has 0 saturated heterocycles. The smallest absolute Gasteiger partial charge is 0.317 e. The van der Waals surface area contributed by atoms with Crippen LogP contribution in [0.15, 0.2) is 61.7 Å². The first kappa shape index (κ1) is 20.2. The van der Waals surface area contributed by atoms with E-state index in [-0.39, 0.29) is 19.6 Å². The van der Waals surface area contributed by atoms with Gasteiger partial charge in [-0.05, 0) is 22.3 Å². The topological polar surface area (TPSA) is 52.6 Å². The van der Waals surface area contributed by atoms with E-state index in [2.05, 4.69) is 13.2 Å². The fraction of sp³-hybridized carbons (Fsp3) is 0.217. The summed E-state index contributed by atoms with van der Waals surface area (Å²) in [5, 5.41) is 0. The van der Waals surface area contributed by atoms with Gasteiger partial charge in [-0.25, -0.2) is 0 Å². The van der Waals surface area contributed by atoms with Crippen molar-refractivity contribution in [1.82, 2.24) is 0 Å². The third kappa shape index (κ3) is 7.32. The highest BCUT2D eigenvalue weighted by atomic mass is 16.6. The van der Waals surface area contributed by atoms with Crippen LogP contribution in [-0.4, -0.2) is 25.2 Å². The molecule has 0 fully saturated rings. The van der Waals surface area contributed by atoms with Crippen LogP contribution < -0.4 is 0 Å². The molecule has 2 aromatic rings. The summed E-state index contributed by atoms with van der Waals surface area (Å²) in [5.41, 5.74) is 4.18. The number of hydrogen-bond acceptors (Lipinski definition) is 4. The Hall–Kier alpha value is -3.14. The standard InChI is InChI=1S/C23H24O4/c1-3-18-5-9-20(10-6-18)13-15-26-22(24)17-23(25)27-16-14-21-11-7-19(4-2)8-12-21/h3-12H,1-2,13-17H2. The molecule has 0 saturated carbocycles. The van der Waals surface area contributed by atoms with E-state index in [9.17, 15) is 9.59 Å². The maximum absolute atomic E-state index is 11.7. The molecule has 4 nitrogen and oxygen atoms in total. The van der Waals surface area contributed by atoms with Gasteiger partial charge >= 0.3 is 11.9 Å². The van der Waals surface area contributed by atoms with Crippen molar-refractivity contribution in [3.05, 3.63) is 83.9 Å². The lowest BCUT2D eigenvalue weighted by Gasteiger charge is -2.07.